The number of carbonyl (C=O) groups is 3. The summed E-state index contributed by atoms with van der Waals surface area (Å²) in [5.41, 5.74) is 0. The van der Waals surface area contributed by atoms with E-state index in [9.17, 15) is 49.4 Å². The molecule has 19 heteroatoms. The fraction of sp³-hybridized carbons (Fsp3) is 0.778. The van der Waals surface area contributed by atoms with E-state index in [0.717, 1.165) is 9.80 Å². The molecule has 0 radical (unpaired) electrons. The van der Waals surface area contributed by atoms with E-state index in [4.69, 9.17) is 18.5 Å². The van der Waals surface area contributed by atoms with Crippen molar-refractivity contribution in [2.24, 2.45) is 16.8 Å². The minimum atomic E-state index is -5.02. The molecule has 1 aliphatic carbocycles. The second-order valence-corrected chi connectivity index (χ2v) is 10.9. The first-order valence-corrected chi connectivity index (χ1v) is 12.8. The van der Waals surface area contributed by atoms with Crippen LogP contribution in [0.5, 0.6) is 0 Å². The first kappa shape index (κ1) is 25.1. The van der Waals surface area contributed by atoms with Crippen LogP contribution in [0, 0.1) is 11.8 Å². The van der Waals surface area contributed by atoms with E-state index in [1.54, 1.807) is 0 Å². The Hall–Kier alpha value is -2.25. The smallest absolute Gasteiger partial charge is 0.472 e. The first-order chi connectivity index (χ1) is 17.4. The number of amides is 5. The molecule has 1 saturated carbocycles. The van der Waals surface area contributed by atoms with Gasteiger partial charge in [0, 0.05) is 5.92 Å². The maximum Gasteiger partial charge on any atom is 0.472 e. The van der Waals surface area contributed by atoms with Gasteiger partial charge < -0.3 is 39.9 Å². The molecule has 6 rings (SSSR count). The Balaban J connectivity index is 1.48. The van der Waals surface area contributed by atoms with Gasteiger partial charge in [-0.05, 0) is 5.90 Å². The van der Waals surface area contributed by atoms with Gasteiger partial charge in [-0.25, -0.2) is 19.1 Å². The number of imide groups is 1. The zero-order valence-electron chi connectivity index (χ0n) is 18.5. The van der Waals surface area contributed by atoms with Gasteiger partial charge in [0.1, 0.15) is 36.6 Å². The standard InChI is InChI=1S/C18H23N4O14P/c23-1-3-12-11(26)16(34-3)22-8-6(14(28)20-18(22)30)5-7(8)21(17(29)19-13(5)27)15-10(25)9(24)4(35-15)2-33-37(31,32)36-12/h3-12,15-16,23-26H,1-2H2,(H,31,32)(H,19,27,29)(H,20,28,30)/p-1/t3-,4-,5+,6+,7+,8+,9?,10?,11?,12?,15+,16+/m0/s1. The van der Waals surface area contributed by atoms with Crippen molar-refractivity contribution in [3.8, 4) is 0 Å². The highest BCUT2D eigenvalue weighted by atomic mass is 31.2. The number of rotatable bonds is 1. The molecule has 37 heavy (non-hydrogen) atoms. The normalized spacial score (nSPS) is 51.2. The van der Waals surface area contributed by atoms with E-state index in [2.05, 4.69) is 4.99 Å². The van der Waals surface area contributed by atoms with Gasteiger partial charge in [0.25, 0.3) is 0 Å². The zero-order valence-corrected chi connectivity index (χ0v) is 19.4. The minimum absolute atomic E-state index is 0.815. The summed E-state index contributed by atoms with van der Waals surface area (Å²) in [7, 11) is -5.02. The highest BCUT2D eigenvalue weighted by molar-refractivity contribution is 7.47. The fourth-order valence-corrected chi connectivity index (χ4v) is 6.94. The summed E-state index contributed by atoms with van der Waals surface area (Å²) >= 11 is 0. The Morgan fingerprint density at radius 3 is 2.41 bits per heavy atom. The average Bonchev–Trinajstić information content (AvgIpc) is 3.26. The number of phosphoric ester groups is 1. The summed E-state index contributed by atoms with van der Waals surface area (Å²) in [6.45, 7) is -1.64. The Kier molecular flexibility index (Phi) is 5.67. The number of phosphoric acid groups is 1. The van der Waals surface area contributed by atoms with Crippen molar-refractivity contribution in [3.05, 3.63) is 0 Å². The Labute approximate surface area is 206 Å². The van der Waals surface area contributed by atoms with Crippen molar-refractivity contribution >= 4 is 31.7 Å². The molecule has 4 saturated heterocycles. The van der Waals surface area contributed by atoms with E-state index in [1.165, 1.54) is 0 Å². The number of aliphatic hydroxyl groups is 4. The number of urea groups is 2. The molecule has 5 heterocycles. The van der Waals surface area contributed by atoms with Gasteiger partial charge in [0.05, 0.1) is 31.2 Å². The van der Waals surface area contributed by atoms with Crippen LogP contribution in [0.1, 0.15) is 0 Å². The van der Waals surface area contributed by atoms with Crippen molar-refractivity contribution in [2.75, 3.05) is 13.2 Å². The van der Waals surface area contributed by atoms with Gasteiger partial charge in [0.15, 0.2) is 12.5 Å². The lowest BCUT2D eigenvalue weighted by molar-refractivity contribution is -0.249. The summed E-state index contributed by atoms with van der Waals surface area (Å²) < 4.78 is 33.7. The first-order valence-electron chi connectivity index (χ1n) is 11.3. The van der Waals surface area contributed by atoms with E-state index in [0.29, 0.717) is 0 Å². The number of fused-ring (bicyclic) bond motifs is 7. The fourth-order valence-electron chi connectivity index (χ4n) is 5.98. The second-order valence-electron chi connectivity index (χ2n) is 9.49. The SMILES string of the molecule is O=C1NC(=O)N2[C@@H]3[C@H]1[C@H]1C([O-])=NC(=O)N([C@H]13)[C@@H]1O[C@@H](COP(=O)(O)OC3C(O)[C@H]2O[C@H]3CO)C(O)C1O. The highest BCUT2D eigenvalue weighted by Gasteiger charge is 2.69. The largest absolute Gasteiger partial charge is 0.861 e. The molecule has 0 spiro atoms. The summed E-state index contributed by atoms with van der Waals surface area (Å²) in [4.78, 5) is 53.9. The van der Waals surface area contributed by atoms with E-state index in [-0.39, 0.29) is 0 Å². The molecule has 5 amide bonds. The quantitative estimate of drug-likeness (QED) is 0.167. The summed E-state index contributed by atoms with van der Waals surface area (Å²) in [6, 6.07) is -4.86. The lowest BCUT2D eigenvalue weighted by atomic mass is 9.61. The van der Waals surface area contributed by atoms with Crippen LogP contribution in [0.25, 0.3) is 0 Å². The van der Waals surface area contributed by atoms with Gasteiger partial charge in [-0.15, -0.1) is 0 Å². The number of hydrogen-bond acceptors (Lipinski definition) is 13. The van der Waals surface area contributed by atoms with Gasteiger partial charge in [-0.3, -0.25) is 29.0 Å². The summed E-state index contributed by atoms with van der Waals surface area (Å²) in [5, 5.41) is 56.6. The van der Waals surface area contributed by atoms with Crippen LogP contribution in [-0.2, 0) is 27.9 Å². The molecule has 6 aliphatic rings. The number of ether oxygens (including phenoxy) is 2. The minimum Gasteiger partial charge on any atom is -0.861 e. The van der Waals surface area contributed by atoms with E-state index >= 15 is 0 Å². The molecular weight excluding hydrogens is 527 g/mol. The van der Waals surface area contributed by atoms with Crippen molar-refractivity contribution in [1.29, 1.82) is 0 Å². The number of aliphatic imine (C=N–C) groups is 1. The molecule has 0 aromatic heterocycles. The van der Waals surface area contributed by atoms with Crippen LogP contribution in [0.15, 0.2) is 4.99 Å². The van der Waals surface area contributed by atoms with Crippen LogP contribution in [0.3, 0.4) is 0 Å². The molecule has 5 unspecified atom stereocenters. The topological polar surface area (TPSA) is 260 Å². The maximum atomic E-state index is 13.0. The van der Waals surface area contributed by atoms with Crippen molar-refractivity contribution < 1.29 is 67.9 Å². The Morgan fingerprint density at radius 2 is 1.70 bits per heavy atom. The molecule has 0 aromatic carbocycles. The van der Waals surface area contributed by atoms with Crippen molar-refractivity contribution in [2.45, 2.75) is 61.2 Å². The Bertz CT molecular complexity index is 1120. The predicted molar refractivity (Wildman–Crippen MR) is 108 cm³/mol. The third-order valence-electron chi connectivity index (χ3n) is 7.63. The summed E-state index contributed by atoms with van der Waals surface area (Å²) in [6.07, 6.45) is -13.3. The maximum absolute atomic E-state index is 13.0. The van der Waals surface area contributed by atoms with Crippen molar-refractivity contribution in [1.82, 2.24) is 15.1 Å². The highest BCUT2D eigenvalue weighted by Crippen LogP contribution is 2.52. The molecular formula is C18H22N4O14P-. The lowest BCUT2D eigenvalue weighted by Crippen LogP contribution is -2.83. The lowest BCUT2D eigenvalue weighted by Gasteiger charge is -2.63. The number of nitrogens with one attached hydrogen (secondary N) is 1. The van der Waals surface area contributed by atoms with Crippen LogP contribution in [0.4, 0.5) is 9.59 Å². The van der Waals surface area contributed by atoms with Gasteiger partial charge >= 0.3 is 19.9 Å². The molecule has 6 N–H and O–H groups in total. The number of carbonyl (C=O) groups excluding carboxylic acids is 3. The van der Waals surface area contributed by atoms with Gasteiger partial charge in [0.2, 0.25) is 5.91 Å². The number of aliphatic hydroxyl groups excluding tert-OH is 4. The number of hydrogen-bond donors (Lipinski definition) is 6. The van der Waals surface area contributed by atoms with Gasteiger partial charge in [-0.2, -0.15) is 0 Å². The molecule has 13 atom stereocenters. The molecule has 5 fully saturated rings. The summed E-state index contributed by atoms with van der Waals surface area (Å²) in [5.74, 6) is -4.32. The second kappa shape index (κ2) is 8.37. The molecule has 204 valence electrons. The molecule has 0 aromatic rings. The monoisotopic (exact) mass is 549 g/mol. The molecule has 4 bridgehead atoms. The predicted octanol–water partition coefficient (Wildman–Crippen LogP) is -5.24. The van der Waals surface area contributed by atoms with Crippen LogP contribution >= 0.6 is 7.82 Å². The van der Waals surface area contributed by atoms with Crippen molar-refractivity contribution in [3.63, 3.8) is 0 Å². The van der Waals surface area contributed by atoms with E-state index < -0.39 is 118 Å². The average molecular weight is 549 g/mol. The molecule has 5 aliphatic heterocycles. The van der Waals surface area contributed by atoms with Crippen LogP contribution in [0.2, 0.25) is 0 Å². The third kappa shape index (κ3) is 3.49. The van der Waals surface area contributed by atoms with E-state index in [1.807, 2.05) is 5.32 Å². The number of nitrogens with zero attached hydrogens (tertiary/aromatic N) is 3. The van der Waals surface area contributed by atoms with Crippen LogP contribution < -0.4 is 10.4 Å². The van der Waals surface area contributed by atoms with Crippen LogP contribution in [-0.4, -0.2) is 133 Å². The molecule has 18 nitrogen and oxygen atoms in total. The third-order valence-corrected chi connectivity index (χ3v) is 8.61. The Morgan fingerprint density at radius 1 is 1.03 bits per heavy atom. The zero-order chi connectivity index (χ0) is 26.5. The van der Waals surface area contributed by atoms with Gasteiger partial charge in [-0.1, -0.05) is 0 Å².